The normalized spacial score (nSPS) is 27.5. The summed E-state index contributed by atoms with van der Waals surface area (Å²) in [5.41, 5.74) is -0.0625. The SMILES string of the molecule is COCCN(C)CC(=O)N1CCN(C)[C@@]2(CCC(=O)N(CC3CC3)CC2)C1. The molecule has 0 unspecified atom stereocenters. The summed E-state index contributed by atoms with van der Waals surface area (Å²) >= 11 is 0. The highest BCUT2D eigenvalue weighted by atomic mass is 16.5. The van der Waals surface area contributed by atoms with Gasteiger partial charge in [-0.3, -0.25) is 19.4 Å². The van der Waals surface area contributed by atoms with Gasteiger partial charge in [0.1, 0.15) is 0 Å². The average molecular weight is 381 g/mol. The van der Waals surface area contributed by atoms with Crippen LogP contribution in [0.1, 0.15) is 32.1 Å². The van der Waals surface area contributed by atoms with Gasteiger partial charge in [0.15, 0.2) is 0 Å². The second-order valence-corrected chi connectivity index (χ2v) is 8.72. The van der Waals surface area contributed by atoms with Crippen LogP contribution in [0, 0.1) is 5.92 Å². The van der Waals surface area contributed by atoms with Gasteiger partial charge >= 0.3 is 0 Å². The van der Waals surface area contributed by atoms with Gasteiger partial charge < -0.3 is 14.5 Å². The quantitative estimate of drug-likeness (QED) is 0.644. The first-order valence-electron chi connectivity index (χ1n) is 10.4. The van der Waals surface area contributed by atoms with Gasteiger partial charge in [0.05, 0.1) is 13.2 Å². The molecule has 154 valence electrons. The number of likely N-dealkylation sites (tertiary alicyclic amines) is 1. The molecule has 0 radical (unpaired) electrons. The van der Waals surface area contributed by atoms with Crippen LogP contribution in [0.5, 0.6) is 0 Å². The molecular weight excluding hydrogens is 344 g/mol. The molecule has 1 atom stereocenters. The molecule has 1 aliphatic carbocycles. The number of methoxy groups -OCH3 is 1. The van der Waals surface area contributed by atoms with Gasteiger partial charge in [0, 0.05) is 58.3 Å². The molecule has 0 bridgehead atoms. The number of carbonyl (C=O) groups is 2. The Hall–Kier alpha value is -1.18. The van der Waals surface area contributed by atoms with Crippen LogP contribution in [0.4, 0.5) is 0 Å². The topological polar surface area (TPSA) is 56.3 Å². The highest BCUT2D eigenvalue weighted by molar-refractivity contribution is 5.79. The molecule has 3 aliphatic rings. The number of nitrogens with zero attached hydrogens (tertiary/aromatic N) is 4. The van der Waals surface area contributed by atoms with E-state index in [0.717, 1.165) is 58.0 Å². The lowest BCUT2D eigenvalue weighted by atomic mass is 9.86. The first-order valence-corrected chi connectivity index (χ1v) is 10.4. The fourth-order valence-electron chi connectivity index (χ4n) is 4.37. The highest BCUT2D eigenvalue weighted by Crippen LogP contribution is 2.35. The zero-order chi connectivity index (χ0) is 19.4. The van der Waals surface area contributed by atoms with E-state index < -0.39 is 0 Å². The molecule has 0 aromatic carbocycles. The van der Waals surface area contributed by atoms with Crippen LogP contribution in [0.3, 0.4) is 0 Å². The van der Waals surface area contributed by atoms with E-state index in [-0.39, 0.29) is 11.4 Å². The van der Waals surface area contributed by atoms with E-state index in [9.17, 15) is 9.59 Å². The van der Waals surface area contributed by atoms with Crippen molar-refractivity contribution >= 4 is 11.8 Å². The fourth-order valence-corrected chi connectivity index (χ4v) is 4.37. The maximum Gasteiger partial charge on any atom is 0.236 e. The third kappa shape index (κ3) is 5.21. The first-order chi connectivity index (χ1) is 12.9. The number of ether oxygens (including phenoxy) is 1. The van der Waals surface area contributed by atoms with Crippen molar-refractivity contribution in [3.05, 3.63) is 0 Å². The molecule has 2 heterocycles. The molecule has 0 N–H and O–H groups in total. The number of likely N-dealkylation sites (N-methyl/N-ethyl adjacent to an activating group) is 2. The Morgan fingerprint density at radius 2 is 2.04 bits per heavy atom. The van der Waals surface area contributed by atoms with Crippen LogP contribution in [-0.2, 0) is 14.3 Å². The van der Waals surface area contributed by atoms with E-state index in [1.807, 2.05) is 16.8 Å². The average Bonchev–Trinajstić information content (AvgIpc) is 3.48. The summed E-state index contributed by atoms with van der Waals surface area (Å²) in [6.45, 7) is 5.97. The molecular formula is C20H36N4O3. The molecule has 1 spiro atoms. The second-order valence-electron chi connectivity index (χ2n) is 8.72. The van der Waals surface area contributed by atoms with Crippen molar-refractivity contribution in [2.75, 3.05) is 73.6 Å². The fraction of sp³-hybridized carbons (Fsp3) is 0.900. The summed E-state index contributed by atoms with van der Waals surface area (Å²) in [6, 6.07) is 0. The Labute approximate surface area is 163 Å². The zero-order valence-corrected chi connectivity index (χ0v) is 17.3. The third-order valence-electron chi connectivity index (χ3n) is 6.61. The van der Waals surface area contributed by atoms with Gasteiger partial charge in [-0.25, -0.2) is 0 Å². The largest absolute Gasteiger partial charge is 0.383 e. The van der Waals surface area contributed by atoms with Crippen LogP contribution in [0.25, 0.3) is 0 Å². The maximum absolute atomic E-state index is 12.8. The minimum atomic E-state index is -0.0625. The van der Waals surface area contributed by atoms with E-state index in [4.69, 9.17) is 4.74 Å². The number of hydrogen-bond acceptors (Lipinski definition) is 5. The van der Waals surface area contributed by atoms with Crippen LogP contribution < -0.4 is 0 Å². The molecule has 7 nitrogen and oxygen atoms in total. The Balaban J connectivity index is 1.60. The predicted molar refractivity (Wildman–Crippen MR) is 104 cm³/mol. The van der Waals surface area contributed by atoms with Crippen molar-refractivity contribution in [3.8, 4) is 0 Å². The molecule has 3 rings (SSSR count). The van der Waals surface area contributed by atoms with Crippen molar-refractivity contribution in [3.63, 3.8) is 0 Å². The van der Waals surface area contributed by atoms with E-state index in [1.54, 1.807) is 7.11 Å². The monoisotopic (exact) mass is 380 g/mol. The molecule has 0 aromatic rings. The van der Waals surface area contributed by atoms with Crippen molar-refractivity contribution in [1.82, 2.24) is 19.6 Å². The van der Waals surface area contributed by atoms with Gasteiger partial charge in [-0.05, 0) is 45.7 Å². The summed E-state index contributed by atoms with van der Waals surface area (Å²) in [5, 5.41) is 0. The van der Waals surface area contributed by atoms with E-state index in [1.165, 1.54) is 12.8 Å². The lowest BCUT2D eigenvalue weighted by Crippen LogP contribution is -2.63. The van der Waals surface area contributed by atoms with Gasteiger partial charge in [-0.1, -0.05) is 0 Å². The van der Waals surface area contributed by atoms with Crippen LogP contribution >= 0.6 is 0 Å². The number of hydrogen-bond donors (Lipinski definition) is 0. The first kappa shape index (κ1) is 20.6. The zero-order valence-electron chi connectivity index (χ0n) is 17.3. The van der Waals surface area contributed by atoms with Crippen LogP contribution in [0.15, 0.2) is 0 Å². The van der Waals surface area contributed by atoms with E-state index in [0.29, 0.717) is 25.5 Å². The Bertz CT molecular complexity index is 539. The van der Waals surface area contributed by atoms with Gasteiger partial charge in [-0.2, -0.15) is 0 Å². The van der Waals surface area contributed by atoms with E-state index in [2.05, 4.69) is 16.8 Å². The Morgan fingerprint density at radius 3 is 2.74 bits per heavy atom. The lowest BCUT2D eigenvalue weighted by molar-refractivity contribution is -0.138. The lowest BCUT2D eigenvalue weighted by Gasteiger charge is -2.49. The summed E-state index contributed by atoms with van der Waals surface area (Å²) in [5.74, 6) is 1.22. The van der Waals surface area contributed by atoms with Crippen molar-refractivity contribution < 1.29 is 14.3 Å². The number of rotatable bonds is 7. The summed E-state index contributed by atoms with van der Waals surface area (Å²) < 4.78 is 5.10. The highest BCUT2D eigenvalue weighted by Gasteiger charge is 2.43. The molecule has 2 saturated heterocycles. The van der Waals surface area contributed by atoms with Gasteiger partial charge in [-0.15, -0.1) is 0 Å². The third-order valence-corrected chi connectivity index (χ3v) is 6.61. The molecule has 3 fully saturated rings. The van der Waals surface area contributed by atoms with Gasteiger partial charge in [0.2, 0.25) is 11.8 Å². The Morgan fingerprint density at radius 1 is 1.26 bits per heavy atom. The van der Waals surface area contributed by atoms with Crippen LogP contribution in [-0.4, -0.2) is 111 Å². The molecule has 27 heavy (non-hydrogen) atoms. The van der Waals surface area contributed by atoms with Crippen molar-refractivity contribution in [2.24, 2.45) is 5.92 Å². The Kier molecular flexibility index (Phi) is 6.76. The number of carbonyl (C=O) groups excluding carboxylic acids is 2. The molecule has 2 aliphatic heterocycles. The summed E-state index contributed by atoms with van der Waals surface area (Å²) in [4.78, 5) is 33.9. The molecule has 7 heteroatoms. The van der Waals surface area contributed by atoms with Gasteiger partial charge in [0.25, 0.3) is 0 Å². The minimum absolute atomic E-state index is 0.0625. The predicted octanol–water partition coefficient (Wildman–Crippen LogP) is 0.500. The summed E-state index contributed by atoms with van der Waals surface area (Å²) in [7, 11) is 5.80. The van der Waals surface area contributed by atoms with Crippen molar-refractivity contribution in [2.45, 2.75) is 37.6 Å². The standard InChI is InChI=1S/C20H36N4O3/c1-21(12-13-27-3)15-19(26)24-11-10-22(2)20(16-24)7-6-18(25)23(9-8-20)14-17-4-5-17/h17H,4-16H2,1-3H3/t20-/m1/s1. The maximum atomic E-state index is 12.8. The molecule has 2 amide bonds. The molecule has 0 aromatic heterocycles. The molecule has 1 saturated carbocycles. The van der Waals surface area contributed by atoms with Crippen molar-refractivity contribution in [1.29, 1.82) is 0 Å². The smallest absolute Gasteiger partial charge is 0.236 e. The minimum Gasteiger partial charge on any atom is -0.383 e. The van der Waals surface area contributed by atoms with Crippen LogP contribution in [0.2, 0.25) is 0 Å². The second kappa shape index (κ2) is 8.88. The number of amides is 2. The summed E-state index contributed by atoms with van der Waals surface area (Å²) in [6.07, 6.45) is 4.96. The number of piperazine rings is 1. The van der Waals surface area contributed by atoms with E-state index >= 15 is 0 Å².